The van der Waals surface area contributed by atoms with Gasteiger partial charge in [-0.2, -0.15) is 0 Å². The third-order valence-corrected chi connectivity index (χ3v) is 10.8. The maximum atomic E-state index is 13.7. The zero-order valence-electron chi connectivity index (χ0n) is 27.6. The van der Waals surface area contributed by atoms with Crippen molar-refractivity contribution in [2.75, 3.05) is 31.2 Å². The Bertz CT molecular complexity index is 1680. The topological polar surface area (TPSA) is 91.4 Å². The van der Waals surface area contributed by atoms with Crippen molar-refractivity contribution in [2.24, 2.45) is 0 Å². The summed E-state index contributed by atoms with van der Waals surface area (Å²) in [6.07, 6.45) is 7.49. The molecule has 3 heterocycles. The first-order valence-electron chi connectivity index (χ1n) is 16.8. The number of nitrogens with one attached hydrogen (secondary N) is 1. The molecule has 0 saturated carbocycles. The average Bonchev–Trinajstić information content (AvgIpc) is 3.64. The van der Waals surface area contributed by atoms with Gasteiger partial charge in [-0.25, -0.2) is 14.4 Å². The Kier molecular flexibility index (Phi) is 9.98. The Balaban J connectivity index is 1.25. The number of benzene rings is 2. The lowest BCUT2D eigenvalue weighted by molar-refractivity contribution is 0.0651. The van der Waals surface area contributed by atoms with Gasteiger partial charge in [-0.1, -0.05) is 37.8 Å². The number of fused-ring (bicyclic) bond motifs is 2. The Morgan fingerprint density at radius 1 is 0.957 bits per heavy atom. The average molecular weight is 654 g/mol. The van der Waals surface area contributed by atoms with Crippen LogP contribution in [0.15, 0.2) is 66.9 Å². The predicted octanol–water partition coefficient (Wildman–Crippen LogP) is 7.47. The summed E-state index contributed by atoms with van der Waals surface area (Å²) in [7, 11) is -1.30. The van der Waals surface area contributed by atoms with Crippen LogP contribution in [0.25, 0.3) is 11.3 Å². The van der Waals surface area contributed by atoms with E-state index in [9.17, 15) is 14.0 Å². The number of aromatic nitrogens is 3. The van der Waals surface area contributed by atoms with Crippen LogP contribution < -0.4 is 4.90 Å². The van der Waals surface area contributed by atoms with E-state index in [1.165, 1.54) is 29.0 Å². The van der Waals surface area contributed by atoms with Crippen molar-refractivity contribution in [3.8, 4) is 11.3 Å². The molecule has 4 aromatic rings. The van der Waals surface area contributed by atoms with E-state index in [2.05, 4.69) is 41.7 Å². The molecule has 2 aromatic carbocycles. The lowest BCUT2D eigenvalue weighted by atomic mass is 9.96. The third kappa shape index (κ3) is 7.71. The number of carbonyl (C=O) groups is 2. The molecule has 10 heteroatoms. The van der Waals surface area contributed by atoms with Crippen molar-refractivity contribution < 1.29 is 18.7 Å². The molecular formula is C37H44FN5O3Si. The molecule has 246 valence electrons. The van der Waals surface area contributed by atoms with Crippen LogP contribution in [0.1, 0.15) is 69.5 Å². The van der Waals surface area contributed by atoms with Gasteiger partial charge in [0, 0.05) is 33.5 Å². The number of halogens is 1. The molecule has 6 rings (SSSR count). The number of carbonyl (C=O) groups excluding carboxylic acids is 2. The summed E-state index contributed by atoms with van der Waals surface area (Å²) in [4.78, 5) is 43.1. The minimum atomic E-state index is -1.30. The van der Waals surface area contributed by atoms with Crippen LogP contribution >= 0.6 is 0 Å². The molecule has 0 fully saturated rings. The highest BCUT2D eigenvalue weighted by molar-refractivity contribution is 6.76. The van der Waals surface area contributed by atoms with Gasteiger partial charge >= 0.3 is 0 Å². The van der Waals surface area contributed by atoms with Crippen LogP contribution in [0.5, 0.6) is 0 Å². The van der Waals surface area contributed by atoms with E-state index in [-0.39, 0.29) is 23.7 Å². The van der Waals surface area contributed by atoms with Gasteiger partial charge in [0.2, 0.25) is 0 Å². The molecule has 2 amide bonds. The Morgan fingerprint density at radius 3 is 2.40 bits per heavy atom. The molecule has 0 spiro atoms. The van der Waals surface area contributed by atoms with Crippen molar-refractivity contribution in [2.45, 2.75) is 70.3 Å². The zero-order chi connectivity index (χ0) is 33.0. The maximum absolute atomic E-state index is 13.7. The maximum Gasteiger partial charge on any atom is 0.261 e. The fourth-order valence-corrected chi connectivity index (χ4v) is 7.08. The number of hydrogen-bond acceptors (Lipinski definition) is 6. The molecule has 0 saturated heterocycles. The van der Waals surface area contributed by atoms with Gasteiger partial charge < -0.3 is 14.6 Å². The quantitative estimate of drug-likeness (QED) is 0.0863. The lowest BCUT2D eigenvalue weighted by Gasteiger charge is -2.33. The Morgan fingerprint density at radius 2 is 1.68 bits per heavy atom. The monoisotopic (exact) mass is 653 g/mol. The number of anilines is 1. The lowest BCUT2D eigenvalue weighted by Crippen LogP contribution is -2.36. The first kappa shape index (κ1) is 32.8. The van der Waals surface area contributed by atoms with Crippen LogP contribution in [0, 0.1) is 5.82 Å². The fraction of sp³-hybridized carbons (Fsp3) is 0.405. The largest absolute Gasteiger partial charge is 0.379 e. The van der Waals surface area contributed by atoms with Crippen molar-refractivity contribution in [3.05, 3.63) is 101 Å². The van der Waals surface area contributed by atoms with Crippen LogP contribution in [-0.2, 0) is 17.6 Å². The number of unbranched alkanes of at least 4 members (excludes halogenated alkanes) is 1. The fourth-order valence-electron chi connectivity index (χ4n) is 6.33. The molecule has 2 aromatic heterocycles. The second-order valence-corrected chi connectivity index (χ2v) is 19.4. The van der Waals surface area contributed by atoms with Gasteiger partial charge in [-0.15, -0.1) is 0 Å². The molecule has 0 radical (unpaired) electrons. The van der Waals surface area contributed by atoms with Crippen molar-refractivity contribution >= 4 is 25.7 Å². The molecular weight excluding hydrogens is 610 g/mol. The van der Waals surface area contributed by atoms with E-state index < -0.39 is 8.07 Å². The normalized spacial score (nSPS) is 15.1. The molecule has 1 unspecified atom stereocenters. The standard InChI is InChI=1S/C37H44FN5O3Si/c1-47(2,3)23-22-46-25-33(35-39-24-32(41-35)27-14-17-28(38)18-15-27)42(34-19-16-26-10-4-7-13-31(26)40-34)20-8-9-21-43-36(44)29-11-5-6-12-30(29)37(43)45/h5-6,11-12,14-19,24,33H,4,7-10,13,20-23,25H2,1-3H3,(H,39,41). The number of rotatable bonds is 14. The molecule has 2 aliphatic rings. The molecule has 0 bridgehead atoms. The SMILES string of the molecule is C[Si](C)(C)CCOCC(c1ncc(-c2ccc(F)cc2)[nH]1)N(CCCCN1C(=O)c2ccccc2C1=O)c1ccc2c(n1)CCCC2. The molecule has 47 heavy (non-hydrogen) atoms. The van der Waals surface area contributed by atoms with Crippen LogP contribution in [0.4, 0.5) is 10.2 Å². The number of imidazole rings is 1. The van der Waals surface area contributed by atoms with Gasteiger partial charge in [-0.05, 0) is 98.2 Å². The highest BCUT2D eigenvalue weighted by Gasteiger charge is 2.34. The number of hydrogen-bond donors (Lipinski definition) is 1. The van der Waals surface area contributed by atoms with Gasteiger partial charge in [0.15, 0.2) is 0 Å². The van der Waals surface area contributed by atoms with Gasteiger partial charge in [-0.3, -0.25) is 14.5 Å². The molecule has 1 atom stereocenters. The number of H-pyrrole nitrogens is 1. The van der Waals surface area contributed by atoms with E-state index in [0.29, 0.717) is 43.9 Å². The first-order chi connectivity index (χ1) is 22.7. The van der Waals surface area contributed by atoms with Gasteiger partial charge in [0.05, 0.1) is 29.6 Å². The Hall–Kier alpha value is -4.15. The van der Waals surface area contributed by atoms with E-state index in [0.717, 1.165) is 60.3 Å². The third-order valence-electron chi connectivity index (χ3n) is 9.08. The number of imide groups is 1. The summed E-state index contributed by atoms with van der Waals surface area (Å²) in [6.45, 7) is 9.09. The van der Waals surface area contributed by atoms with Crippen LogP contribution in [0.2, 0.25) is 25.7 Å². The van der Waals surface area contributed by atoms with E-state index >= 15 is 0 Å². The minimum absolute atomic E-state index is 0.226. The molecule has 1 N–H and O–H groups in total. The number of nitrogens with zero attached hydrogens (tertiary/aromatic N) is 4. The minimum Gasteiger partial charge on any atom is -0.379 e. The van der Waals surface area contributed by atoms with Crippen LogP contribution in [-0.4, -0.2) is 66.0 Å². The summed E-state index contributed by atoms with van der Waals surface area (Å²) in [5, 5.41) is 0. The van der Waals surface area contributed by atoms with Gasteiger partial charge in [0.25, 0.3) is 11.8 Å². The van der Waals surface area contributed by atoms with Crippen LogP contribution in [0.3, 0.4) is 0 Å². The number of ether oxygens (including phenoxy) is 1. The number of pyridine rings is 1. The summed E-state index contributed by atoms with van der Waals surface area (Å²) in [6, 6.07) is 18.5. The molecule has 1 aliphatic heterocycles. The highest BCUT2D eigenvalue weighted by atomic mass is 28.3. The van der Waals surface area contributed by atoms with Crippen molar-refractivity contribution in [3.63, 3.8) is 0 Å². The number of aromatic amines is 1. The molecule has 8 nitrogen and oxygen atoms in total. The summed E-state index contributed by atoms with van der Waals surface area (Å²) in [5.41, 5.74) is 5.06. The summed E-state index contributed by atoms with van der Waals surface area (Å²) >= 11 is 0. The first-order valence-corrected chi connectivity index (χ1v) is 20.5. The number of aryl methyl sites for hydroxylation is 2. The zero-order valence-corrected chi connectivity index (χ0v) is 28.6. The van der Waals surface area contributed by atoms with E-state index in [1.807, 2.05) is 0 Å². The second kappa shape index (κ2) is 14.3. The number of amides is 2. The van der Waals surface area contributed by atoms with E-state index in [4.69, 9.17) is 14.7 Å². The highest BCUT2D eigenvalue weighted by Crippen LogP contribution is 2.31. The molecule has 1 aliphatic carbocycles. The van der Waals surface area contributed by atoms with Crippen molar-refractivity contribution in [1.82, 2.24) is 19.9 Å². The Labute approximate surface area is 277 Å². The van der Waals surface area contributed by atoms with Gasteiger partial charge in [0.1, 0.15) is 23.5 Å². The summed E-state index contributed by atoms with van der Waals surface area (Å²) < 4.78 is 20.1. The van der Waals surface area contributed by atoms with Crippen molar-refractivity contribution in [1.29, 1.82) is 0 Å². The smallest absolute Gasteiger partial charge is 0.261 e. The predicted molar refractivity (Wildman–Crippen MR) is 185 cm³/mol. The van der Waals surface area contributed by atoms with E-state index in [1.54, 1.807) is 42.6 Å². The second-order valence-electron chi connectivity index (χ2n) is 13.8. The summed E-state index contributed by atoms with van der Waals surface area (Å²) in [5.74, 6) is 0.878.